The van der Waals surface area contributed by atoms with Crippen LogP contribution in [0.5, 0.6) is 0 Å². The summed E-state index contributed by atoms with van der Waals surface area (Å²) in [5, 5.41) is 6.39. The molecule has 2 heterocycles. The molecule has 4 aromatic carbocycles. The first-order chi connectivity index (χ1) is 19.6. The quantitative estimate of drug-likeness (QED) is 0.217. The smallest absolute Gasteiger partial charge is 0.339 e. The average molecular weight is 553 g/mol. The van der Waals surface area contributed by atoms with Crippen LogP contribution in [-0.4, -0.2) is 60.8 Å². The number of hydrogen-bond donors (Lipinski definition) is 0. The van der Waals surface area contributed by atoms with Crippen molar-refractivity contribution >= 4 is 34.4 Å². The molecule has 40 heavy (non-hydrogen) atoms. The molecule has 0 spiro atoms. The first-order valence-electron chi connectivity index (χ1n) is 13.4. The molecule has 1 saturated heterocycles. The molecule has 0 N–H and O–H groups in total. The van der Waals surface area contributed by atoms with Crippen LogP contribution in [0.4, 0.5) is 6.01 Å². The summed E-state index contributed by atoms with van der Waals surface area (Å²) in [5.41, 5.74) is 4.72. The molecule has 0 amide bonds. The summed E-state index contributed by atoms with van der Waals surface area (Å²) in [6.07, 6.45) is 1.06. The van der Waals surface area contributed by atoms with Crippen molar-refractivity contribution in [1.82, 2.24) is 15.0 Å². The maximum atomic E-state index is 12.0. The molecule has 0 radical (unpaired) electrons. The summed E-state index contributed by atoms with van der Waals surface area (Å²) < 4.78 is 10.5. The van der Waals surface area contributed by atoms with Crippen LogP contribution in [0, 0.1) is 0 Å². The SMILES string of the molecule is COC(=O)c1ccc2cc(-c3ccc(-c4noc(N5CCN(CCc6ccccc6)CC5)n4)cc3)ccc2c1Cl. The zero-order valence-electron chi connectivity index (χ0n) is 22.2. The van der Waals surface area contributed by atoms with Crippen LogP contribution >= 0.6 is 11.6 Å². The Morgan fingerprint density at radius 2 is 1.62 bits per heavy atom. The number of methoxy groups -OCH3 is 1. The van der Waals surface area contributed by atoms with Crippen molar-refractivity contribution in [1.29, 1.82) is 0 Å². The summed E-state index contributed by atoms with van der Waals surface area (Å²) in [4.78, 5) is 21.3. The van der Waals surface area contributed by atoms with Crippen molar-refractivity contribution in [3.05, 3.63) is 101 Å². The number of anilines is 1. The normalized spacial score (nSPS) is 14.0. The number of halogens is 1. The van der Waals surface area contributed by atoms with Crippen LogP contribution < -0.4 is 4.90 Å². The highest BCUT2D eigenvalue weighted by Gasteiger charge is 2.22. The van der Waals surface area contributed by atoms with E-state index in [1.807, 2.05) is 42.5 Å². The summed E-state index contributed by atoms with van der Waals surface area (Å²) in [5.74, 6) is 0.131. The lowest BCUT2D eigenvalue weighted by Crippen LogP contribution is -2.47. The largest absolute Gasteiger partial charge is 0.465 e. The Bertz CT molecular complexity index is 1630. The predicted molar refractivity (Wildman–Crippen MR) is 158 cm³/mol. The predicted octanol–water partition coefficient (Wildman–Crippen LogP) is 6.36. The van der Waals surface area contributed by atoms with E-state index in [1.54, 1.807) is 6.07 Å². The van der Waals surface area contributed by atoms with Crippen LogP contribution in [0.2, 0.25) is 5.02 Å². The zero-order valence-corrected chi connectivity index (χ0v) is 23.0. The summed E-state index contributed by atoms with van der Waals surface area (Å²) in [6, 6.07) is 28.8. The van der Waals surface area contributed by atoms with Gasteiger partial charge >= 0.3 is 12.0 Å². The minimum absolute atomic E-state index is 0.359. The van der Waals surface area contributed by atoms with Gasteiger partial charge in [0.2, 0.25) is 5.82 Å². The molecular formula is C32H29ClN4O3. The van der Waals surface area contributed by atoms with E-state index < -0.39 is 5.97 Å². The molecule has 0 saturated carbocycles. The monoisotopic (exact) mass is 552 g/mol. The van der Waals surface area contributed by atoms with Gasteiger partial charge in [0.1, 0.15) is 0 Å². The molecule has 0 atom stereocenters. The van der Waals surface area contributed by atoms with Gasteiger partial charge in [-0.2, -0.15) is 4.98 Å². The van der Waals surface area contributed by atoms with Crippen LogP contribution in [-0.2, 0) is 11.2 Å². The number of rotatable bonds is 7. The third-order valence-corrected chi connectivity index (χ3v) is 7.86. The second-order valence-electron chi connectivity index (χ2n) is 9.90. The van der Waals surface area contributed by atoms with Gasteiger partial charge in [-0.25, -0.2) is 4.79 Å². The summed E-state index contributed by atoms with van der Waals surface area (Å²) in [6.45, 7) is 4.73. The van der Waals surface area contributed by atoms with Gasteiger partial charge in [-0.1, -0.05) is 89.6 Å². The third-order valence-electron chi connectivity index (χ3n) is 7.45. The molecule has 1 aliphatic heterocycles. The molecule has 0 unspecified atom stereocenters. The molecule has 6 rings (SSSR count). The first-order valence-corrected chi connectivity index (χ1v) is 13.7. The second-order valence-corrected chi connectivity index (χ2v) is 10.3. The van der Waals surface area contributed by atoms with E-state index in [0.29, 0.717) is 22.4 Å². The number of aromatic nitrogens is 2. The topological polar surface area (TPSA) is 71.7 Å². The number of carbonyl (C=O) groups is 1. The van der Waals surface area contributed by atoms with Gasteiger partial charge in [0.25, 0.3) is 0 Å². The number of piperazine rings is 1. The lowest BCUT2D eigenvalue weighted by Gasteiger charge is -2.33. The molecular weight excluding hydrogens is 524 g/mol. The number of fused-ring (bicyclic) bond motifs is 1. The Morgan fingerprint density at radius 3 is 2.38 bits per heavy atom. The van der Waals surface area contributed by atoms with Gasteiger partial charge in [0.05, 0.1) is 17.7 Å². The van der Waals surface area contributed by atoms with E-state index in [1.165, 1.54) is 12.7 Å². The summed E-state index contributed by atoms with van der Waals surface area (Å²) in [7, 11) is 1.35. The standard InChI is InChI=1S/C32H29ClN4O3/c1-39-31(38)28-14-12-26-21-25(11-13-27(26)29(28)33)23-7-9-24(10-8-23)30-34-32(40-35-30)37-19-17-36(18-20-37)16-15-22-5-3-2-4-6-22/h2-14,21H,15-20H2,1H3. The van der Waals surface area contributed by atoms with E-state index in [2.05, 4.69) is 56.3 Å². The highest BCUT2D eigenvalue weighted by molar-refractivity contribution is 6.38. The van der Waals surface area contributed by atoms with Crippen molar-refractivity contribution in [2.45, 2.75) is 6.42 Å². The minimum Gasteiger partial charge on any atom is -0.465 e. The van der Waals surface area contributed by atoms with Gasteiger partial charge in [-0.3, -0.25) is 4.90 Å². The highest BCUT2D eigenvalue weighted by atomic mass is 35.5. The van der Waals surface area contributed by atoms with E-state index in [0.717, 1.165) is 66.6 Å². The maximum absolute atomic E-state index is 12.0. The number of hydrogen-bond acceptors (Lipinski definition) is 7. The molecule has 5 aromatic rings. The fourth-order valence-corrected chi connectivity index (χ4v) is 5.42. The number of ether oxygens (including phenoxy) is 1. The van der Waals surface area contributed by atoms with E-state index in [-0.39, 0.29) is 0 Å². The van der Waals surface area contributed by atoms with E-state index in [9.17, 15) is 4.79 Å². The Balaban J connectivity index is 1.10. The van der Waals surface area contributed by atoms with Crippen molar-refractivity contribution in [3.8, 4) is 22.5 Å². The van der Waals surface area contributed by atoms with Crippen LogP contribution in [0.15, 0.2) is 89.5 Å². The molecule has 7 nitrogen and oxygen atoms in total. The van der Waals surface area contributed by atoms with Crippen molar-refractivity contribution in [2.75, 3.05) is 44.7 Å². The second kappa shape index (κ2) is 11.5. The average Bonchev–Trinajstić information content (AvgIpc) is 3.51. The van der Waals surface area contributed by atoms with E-state index >= 15 is 0 Å². The van der Waals surface area contributed by atoms with Crippen molar-refractivity contribution in [2.24, 2.45) is 0 Å². The molecule has 1 fully saturated rings. The molecule has 1 aliphatic rings. The van der Waals surface area contributed by atoms with Crippen LogP contribution in [0.1, 0.15) is 15.9 Å². The third kappa shape index (κ3) is 5.43. The van der Waals surface area contributed by atoms with Gasteiger partial charge < -0.3 is 14.2 Å². The Morgan fingerprint density at radius 1 is 0.900 bits per heavy atom. The van der Waals surface area contributed by atoms with Gasteiger partial charge in [-0.05, 0) is 40.6 Å². The van der Waals surface area contributed by atoms with Gasteiger partial charge in [0, 0.05) is 43.7 Å². The van der Waals surface area contributed by atoms with Gasteiger partial charge in [0.15, 0.2) is 0 Å². The fourth-order valence-electron chi connectivity index (χ4n) is 5.11. The number of benzene rings is 4. The van der Waals surface area contributed by atoms with Crippen LogP contribution in [0.3, 0.4) is 0 Å². The Kier molecular flexibility index (Phi) is 7.49. The zero-order chi connectivity index (χ0) is 27.5. The lowest BCUT2D eigenvalue weighted by molar-refractivity contribution is 0.0601. The first kappa shape index (κ1) is 26.0. The number of esters is 1. The van der Waals surface area contributed by atoms with Crippen LogP contribution in [0.25, 0.3) is 33.3 Å². The number of carbonyl (C=O) groups excluding carboxylic acids is 1. The molecule has 202 valence electrons. The maximum Gasteiger partial charge on any atom is 0.339 e. The Labute approximate surface area is 237 Å². The molecule has 0 bridgehead atoms. The van der Waals surface area contributed by atoms with Crippen molar-refractivity contribution in [3.63, 3.8) is 0 Å². The van der Waals surface area contributed by atoms with Crippen molar-refractivity contribution < 1.29 is 14.1 Å². The molecule has 8 heteroatoms. The Hall–Kier alpha value is -4.20. The number of nitrogens with zero attached hydrogens (tertiary/aromatic N) is 4. The lowest BCUT2D eigenvalue weighted by atomic mass is 9.99. The fraction of sp³-hybridized carbons (Fsp3) is 0.219. The molecule has 1 aromatic heterocycles. The highest BCUT2D eigenvalue weighted by Crippen LogP contribution is 2.32. The van der Waals surface area contributed by atoms with E-state index in [4.69, 9.17) is 20.9 Å². The minimum atomic E-state index is -0.447. The molecule has 0 aliphatic carbocycles. The van der Waals surface area contributed by atoms with Gasteiger partial charge in [-0.15, -0.1) is 0 Å². The summed E-state index contributed by atoms with van der Waals surface area (Å²) >= 11 is 6.48.